The van der Waals surface area contributed by atoms with Crippen LogP contribution >= 0.6 is 8.01 Å². The van der Waals surface area contributed by atoms with E-state index in [0.29, 0.717) is 31.0 Å². The monoisotopic (exact) mass is 314 g/mol. The van der Waals surface area contributed by atoms with Gasteiger partial charge in [-0.05, 0) is 55.4 Å². The van der Waals surface area contributed by atoms with Gasteiger partial charge in [0, 0.05) is 24.2 Å². The van der Waals surface area contributed by atoms with Gasteiger partial charge in [-0.3, -0.25) is 0 Å². The molecule has 0 saturated heterocycles. The molecule has 124 valence electrons. The second kappa shape index (κ2) is 9.97. The molecule has 0 bridgehead atoms. The molecule has 0 aromatic rings. The van der Waals surface area contributed by atoms with E-state index in [9.17, 15) is 0 Å². The van der Waals surface area contributed by atoms with Crippen molar-refractivity contribution in [1.29, 1.82) is 0 Å². The summed E-state index contributed by atoms with van der Waals surface area (Å²) in [6, 6.07) is 2.09. The van der Waals surface area contributed by atoms with Crippen molar-refractivity contribution < 1.29 is 0 Å². The first-order chi connectivity index (χ1) is 9.67. The summed E-state index contributed by atoms with van der Waals surface area (Å²) in [6.07, 6.45) is 2.28. The Bertz CT molecular complexity index is 275. The fourth-order valence-electron chi connectivity index (χ4n) is 2.86. The predicted molar refractivity (Wildman–Crippen MR) is 100 cm³/mol. The van der Waals surface area contributed by atoms with Gasteiger partial charge in [0.1, 0.15) is 0 Å². The lowest BCUT2D eigenvalue weighted by Gasteiger charge is -2.30. The highest BCUT2D eigenvalue weighted by Gasteiger charge is 2.41. The molecule has 0 aliphatic rings. The van der Waals surface area contributed by atoms with Crippen LogP contribution in [-0.2, 0) is 0 Å². The highest BCUT2D eigenvalue weighted by atomic mass is 31.1. The first kappa shape index (κ1) is 21.1. The van der Waals surface area contributed by atoms with Crippen LogP contribution in [0.25, 0.3) is 0 Å². The Morgan fingerprint density at radius 2 is 1.00 bits per heavy atom. The van der Waals surface area contributed by atoms with Crippen molar-refractivity contribution in [2.24, 2.45) is 4.66 Å². The van der Waals surface area contributed by atoms with E-state index in [4.69, 9.17) is 4.66 Å². The summed E-state index contributed by atoms with van der Waals surface area (Å²) < 4.78 is 10.6. The Kier molecular flexibility index (Phi) is 10.0. The molecule has 0 fully saturated rings. The van der Waals surface area contributed by atoms with Crippen molar-refractivity contribution in [3.05, 3.63) is 0 Å². The van der Waals surface area contributed by atoms with Gasteiger partial charge in [-0.15, -0.1) is 4.66 Å². The first-order valence-electron chi connectivity index (χ1n) is 8.74. The summed E-state index contributed by atoms with van der Waals surface area (Å²) in [6.45, 7) is 23.4. The summed E-state index contributed by atoms with van der Waals surface area (Å²) in [5.74, 6) is 0. The molecule has 0 unspecified atom stereocenters. The van der Waals surface area contributed by atoms with Crippen molar-refractivity contribution in [1.82, 2.24) is 9.34 Å². The average Bonchev–Trinajstić information content (AvgIpc) is 2.33. The van der Waals surface area contributed by atoms with E-state index in [2.05, 4.69) is 78.6 Å². The topological polar surface area (TPSA) is 18.8 Å². The van der Waals surface area contributed by atoms with Crippen molar-refractivity contribution in [2.75, 3.05) is 0 Å². The highest BCUT2D eigenvalue weighted by molar-refractivity contribution is 7.43. The lowest BCUT2D eigenvalue weighted by molar-refractivity contribution is 0.262. The van der Waals surface area contributed by atoms with Gasteiger partial charge in [0.2, 0.25) is 0 Å². The van der Waals surface area contributed by atoms with E-state index >= 15 is 0 Å². The second-order valence-corrected chi connectivity index (χ2v) is 8.68. The van der Waals surface area contributed by atoms with E-state index in [1.165, 1.54) is 0 Å². The van der Waals surface area contributed by atoms with Crippen molar-refractivity contribution in [3.8, 4) is 0 Å². The molecule has 0 heterocycles. The van der Waals surface area contributed by atoms with Crippen LogP contribution in [0.5, 0.6) is 0 Å². The summed E-state index contributed by atoms with van der Waals surface area (Å²) in [5.41, 5.74) is 0. The van der Waals surface area contributed by atoms with E-state index in [-0.39, 0.29) is 0 Å². The van der Waals surface area contributed by atoms with E-state index in [1.54, 1.807) is 0 Å². The Morgan fingerprint density at radius 3 is 1.19 bits per heavy atom. The Morgan fingerprint density at radius 1 is 0.714 bits per heavy atom. The van der Waals surface area contributed by atoms with Crippen LogP contribution in [-0.4, -0.2) is 40.4 Å². The second-order valence-electron chi connectivity index (χ2n) is 6.99. The molecule has 21 heavy (non-hydrogen) atoms. The summed E-state index contributed by atoms with van der Waals surface area (Å²) in [5, 5.41) is 0. The number of hydrogen-bond acceptors (Lipinski definition) is 1. The molecule has 0 aromatic carbocycles. The van der Waals surface area contributed by atoms with Crippen molar-refractivity contribution >= 4 is 14.9 Å². The largest absolute Gasteiger partial charge is 0.384 e. The summed E-state index contributed by atoms with van der Waals surface area (Å²) >= 11 is 0. The van der Waals surface area contributed by atoms with Crippen molar-refractivity contribution in [3.63, 3.8) is 0 Å². The SMILES string of the molecule is CCB(CC)N=[P+](N(C(C)C)C(C)C)N(C(C)C)C(C)C. The number of hydrogen-bond donors (Lipinski definition) is 0. The molecule has 5 heteroatoms. The maximum absolute atomic E-state index is 5.32. The van der Waals surface area contributed by atoms with Gasteiger partial charge < -0.3 is 0 Å². The molecule has 0 amide bonds. The molecule has 0 rings (SSSR count). The van der Waals surface area contributed by atoms with Crippen molar-refractivity contribution in [2.45, 2.75) is 106 Å². The Hall–Kier alpha value is 0.0849. The fourth-order valence-corrected chi connectivity index (χ4v) is 5.60. The van der Waals surface area contributed by atoms with Gasteiger partial charge >= 0.3 is 14.9 Å². The standard InChI is InChI=1S/C16H38BN3P/c1-11-17(12-2)18-21(19(13(3)4)14(5)6)20(15(7)8)16(9)10/h13-16H,11-12H2,1-10H3/q+1. The molecule has 0 aliphatic carbocycles. The van der Waals surface area contributed by atoms with Gasteiger partial charge in [-0.2, -0.15) is 0 Å². The van der Waals surface area contributed by atoms with E-state index < -0.39 is 8.01 Å². The molecule has 0 aromatic heterocycles. The molecule has 0 atom stereocenters. The van der Waals surface area contributed by atoms with E-state index in [0.717, 1.165) is 12.6 Å². The van der Waals surface area contributed by atoms with Gasteiger partial charge in [0.25, 0.3) is 0 Å². The molecule has 0 aliphatic heterocycles. The van der Waals surface area contributed by atoms with E-state index in [1.807, 2.05) is 0 Å². The van der Waals surface area contributed by atoms with Crippen LogP contribution in [0.15, 0.2) is 4.66 Å². The van der Waals surface area contributed by atoms with Crippen LogP contribution in [0.3, 0.4) is 0 Å². The average molecular weight is 314 g/mol. The Balaban J connectivity index is 5.85. The summed E-state index contributed by atoms with van der Waals surface area (Å²) in [4.78, 5) is 0. The smallest absolute Gasteiger partial charge is 0.144 e. The lowest BCUT2D eigenvalue weighted by Crippen LogP contribution is -2.40. The third-order valence-corrected chi connectivity index (χ3v) is 6.95. The quantitative estimate of drug-likeness (QED) is 0.398. The van der Waals surface area contributed by atoms with Crippen LogP contribution in [0, 0.1) is 0 Å². The van der Waals surface area contributed by atoms with Crippen LogP contribution in [0.2, 0.25) is 12.6 Å². The minimum Gasteiger partial charge on any atom is -0.144 e. The van der Waals surface area contributed by atoms with Crippen LogP contribution < -0.4 is 0 Å². The minimum absolute atomic E-state index is 0.483. The van der Waals surface area contributed by atoms with Crippen LogP contribution in [0.1, 0.15) is 69.2 Å². The van der Waals surface area contributed by atoms with Crippen LogP contribution in [0.4, 0.5) is 0 Å². The number of nitrogens with zero attached hydrogens (tertiary/aromatic N) is 3. The zero-order valence-electron chi connectivity index (χ0n) is 16.1. The van der Waals surface area contributed by atoms with Gasteiger partial charge in [0.05, 0.1) is 0 Å². The Labute approximate surface area is 135 Å². The van der Waals surface area contributed by atoms with Gasteiger partial charge in [-0.1, -0.05) is 35.8 Å². The third kappa shape index (κ3) is 6.38. The maximum Gasteiger partial charge on any atom is 0.384 e. The zero-order valence-corrected chi connectivity index (χ0v) is 17.0. The zero-order chi connectivity index (χ0) is 16.7. The maximum atomic E-state index is 5.32. The molecule has 0 saturated carbocycles. The highest BCUT2D eigenvalue weighted by Crippen LogP contribution is 2.43. The predicted octanol–water partition coefficient (Wildman–Crippen LogP) is 5.75. The third-order valence-electron chi connectivity index (χ3n) is 3.74. The lowest BCUT2D eigenvalue weighted by atomic mass is 9.59. The summed E-state index contributed by atoms with van der Waals surface area (Å²) in [7, 11) is -0.605. The first-order valence-corrected chi connectivity index (χ1v) is 9.94. The molecule has 0 radical (unpaired) electrons. The van der Waals surface area contributed by atoms with Gasteiger partial charge in [-0.25, -0.2) is 0 Å². The molecule has 0 spiro atoms. The molecular formula is C16H38BN3P+. The van der Waals surface area contributed by atoms with Gasteiger partial charge in [0.15, 0.2) is 0 Å². The molecule has 3 nitrogen and oxygen atoms in total. The molecule has 0 N–H and O–H groups in total. The molecular weight excluding hydrogens is 276 g/mol. The fraction of sp³-hybridized carbons (Fsp3) is 1.00. The number of rotatable bonds is 9. The normalized spacial score (nSPS) is 12.4. The minimum atomic E-state index is -0.605.